The molecule has 0 radical (unpaired) electrons. The van der Waals surface area contributed by atoms with Crippen LogP contribution in [0.4, 0.5) is 10.1 Å². The van der Waals surface area contributed by atoms with E-state index in [-0.39, 0.29) is 33.8 Å². The SMILES string of the molecule is CCc1ccc(NC(=O)CN2CCc3[nH]c4c(F)c(Cl)ccc4c(=O)c3C2)cc1. The first kappa shape index (κ1) is 19.6. The van der Waals surface area contributed by atoms with Crippen molar-refractivity contribution in [2.75, 3.05) is 18.4 Å². The van der Waals surface area contributed by atoms with Gasteiger partial charge in [0, 0.05) is 41.8 Å². The fraction of sp³-hybridized carbons (Fsp3) is 0.273. The van der Waals surface area contributed by atoms with Crippen LogP contribution in [-0.4, -0.2) is 28.9 Å². The first-order valence-electron chi connectivity index (χ1n) is 9.59. The molecule has 0 atom stereocenters. The minimum absolute atomic E-state index is 0.0193. The molecule has 1 aromatic heterocycles. The molecule has 1 amide bonds. The normalized spacial score (nSPS) is 14.0. The van der Waals surface area contributed by atoms with Crippen LogP contribution in [0.25, 0.3) is 10.9 Å². The van der Waals surface area contributed by atoms with Gasteiger partial charge in [0.1, 0.15) is 0 Å². The van der Waals surface area contributed by atoms with Crippen molar-refractivity contribution in [2.45, 2.75) is 26.3 Å². The molecule has 2 aromatic carbocycles. The van der Waals surface area contributed by atoms with Gasteiger partial charge in [-0.05, 0) is 36.2 Å². The summed E-state index contributed by atoms with van der Waals surface area (Å²) in [4.78, 5) is 30.2. The summed E-state index contributed by atoms with van der Waals surface area (Å²) in [6, 6.07) is 10.7. The standard InChI is InChI=1S/C22H21ClFN3O2/c1-2-13-3-5-14(6-4-13)25-19(28)12-27-10-9-18-16(11-27)22(29)15-7-8-17(23)20(24)21(15)26-18/h3-8H,2,9-12H2,1H3,(H,25,28)(H,26,29). The highest BCUT2D eigenvalue weighted by Crippen LogP contribution is 2.24. The Morgan fingerprint density at radius 1 is 1.24 bits per heavy atom. The number of aryl methyl sites for hydroxylation is 1. The molecule has 0 aliphatic carbocycles. The lowest BCUT2D eigenvalue weighted by Gasteiger charge is -2.28. The number of nitrogens with zero attached hydrogens (tertiary/aromatic N) is 1. The number of benzene rings is 2. The maximum absolute atomic E-state index is 14.3. The van der Waals surface area contributed by atoms with E-state index in [0.717, 1.165) is 12.1 Å². The van der Waals surface area contributed by atoms with Gasteiger partial charge in [-0.15, -0.1) is 0 Å². The van der Waals surface area contributed by atoms with E-state index in [1.54, 1.807) is 0 Å². The molecule has 0 saturated heterocycles. The first-order valence-corrected chi connectivity index (χ1v) is 9.97. The van der Waals surface area contributed by atoms with Crippen LogP contribution in [0.15, 0.2) is 41.2 Å². The van der Waals surface area contributed by atoms with Crippen molar-refractivity contribution in [1.29, 1.82) is 0 Å². The molecule has 1 aliphatic rings. The Bertz CT molecular complexity index is 1140. The van der Waals surface area contributed by atoms with Gasteiger partial charge in [-0.3, -0.25) is 14.5 Å². The molecule has 29 heavy (non-hydrogen) atoms. The predicted octanol–water partition coefficient (Wildman–Crippen LogP) is 3.88. The summed E-state index contributed by atoms with van der Waals surface area (Å²) < 4.78 is 14.3. The lowest BCUT2D eigenvalue weighted by molar-refractivity contribution is -0.117. The molecular formula is C22H21ClFN3O2. The average Bonchev–Trinajstić information content (AvgIpc) is 2.72. The zero-order valence-corrected chi connectivity index (χ0v) is 16.8. The molecule has 0 bridgehead atoms. The number of halogens is 2. The molecule has 3 aromatic rings. The number of amides is 1. The number of hydrogen-bond acceptors (Lipinski definition) is 3. The second-order valence-corrected chi connectivity index (χ2v) is 7.66. The molecule has 150 valence electrons. The van der Waals surface area contributed by atoms with Crippen molar-refractivity contribution in [3.63, 3.8) is 0 Å². The summed E-state index contributed by atoms with van der Waals surface area (Å²) in [5.74, 6) is -0.743. The van der Waals surface area contributed by atoms with Gasteiger partial charge in [-0.2, -0.15) is 0 Å². The maximum Gasteiger partial charge on any atom is 0.238 e. The van der Waals surface area contributed by atoms with Gasteiger partial charge in [0.2, 0.25) is 5.91 Å². The molecule has 2 N–H and O–H groups in total. The van der Waals surface area contributed by atoms with Crippen molar-refractivity contribution in [3.8, 4) is 0 Å². The number of H-pyrrole nitrogens is 1. The highest BCUT2D eigenvalue weighted by Gasteiger charge is 2.23. The van der Waals surface area contributed by atoms with Crippen LogP contribution < -0.4 is 10.7 Å². The van der Waals surface area contributed by atoms with E-state index in [9.17, 15) is 14.0 Å². The van der Waals surface area contributed by atoms with Crippen molar-refractivity contribution in [3.05, 3.63) is 74.3 Å². The number of carbonyl (C=O) groups excluding carboxylic acids is 1. The van der Waals surface area contributed by atoms with E-state index in [1.807, 2.05) is 29.2 Å². The van der Waals surface area contributed by atoms with Gasteiger partial charge >= 0.3 is 0 Å². The predicted molar refractivity (Wildman–Crippen MR) is 113 cm³/mol. The second kappa shape index (κ2) is 7.97. The minimum atomic E-state index is -0.611. The van der Waals surface area contributed by atoms with Crippen LogP contribution in [0.2, 0.25) is 5.02 Å². The first-order chi connectivity index (χ1) is 14.0. The summed E-state index contributed by atoms with van der Waals surface area (Å²) in [5.41, 5.74) is 3.16. The Morgan fingerprint density at radius 3 is 2.72 bits per heavy atom. The highest BCUT2D eigenvalue weighted by atomic mass is 35.5. The summed E-state index contributed by atoms with van der Waals surface area (Å²) in [6.07, 6.45) is 1.48. The number of pyridine rings is 1. The molecule has 2 heterocycles. The largest absolute Gasteiger partial charge is 0.355 e. The number of rotatable bonds is 4. The minimum Gasteiger partial charge on any atom is -0.355 e. The smallest absolute Gasteiger partial charge is 0.238 e. The number of fused-ring (bicyclic) bond motifs is 2. The van der Waals surface area contributed by atoms with E-state index in [1.165, 1.54) is 17.7 Å². The number of aromatic nitrogens is 1. The quantitative estimate of drug-likeness (QED) is 0.682. The molecule has 0 unspecified atom stereocenters. The van der Waals surface area contributed by atoms with Crippen molar-refractivity contribution in [1.82, 2.24) is 9.88 Å². The number of aromatic amines is 1. The Morgan fingerprint density at radius 2 is 2.00 bits per heavy atom. The third-order valence-electron chi connectivity index (χ3n) is 5.33. The number of anilines is 1. The van der Waals surface area contributed by atoms with Crippen LogP contribution in [-0.2, 0) is 24.2 Å². The highest BCUT2D eigenvalue weighted by molar-refractivity contribution is 6.31. The monoisotopic (exact) mass is 413 g/mol. The molecule has 5 nitrogen and oxygen atoms in total. The number of hydrogen-bond donors (Lipinski definition) is 2. The third kappa shape index (κ3) is 3.91. The van der Waals surface area contributed by atoms with Crippen LogP contribution in [0.3, 0.4) is 0 Å². The molecular weight excluding hydrogens is 393 g/mol. The summed E-state index contributed by atoms with van der Waals surface area (Å²) >= 11 is 5.84. The average molecular weight is 414 g/mol. The molecule has 7 heteroatoms. The van der Waals surface area contributed by atoms with Crippen molar-refractivity contribution >= 4 is 34.1 Å². The molecule has 4 rings (SSSR count). The summed E-state index contributed by atoms with van der Waals surface area (Å²) in [6.45, 7) is 3.20. The molecule has 0 spiro atoms. The molecule has 0 fully saturated rings. The fourth-order valence-electron chi connectivity index (χ4n) is 3.70. The summed E-state index contributed by atoms with van der Waals surface area (Å²) in [5, 5.41) is 3.14. The second-order valence-electron chi connectivity index (χ2n) is 7.25. The Balaban J connectivity index is 1.51. The summed E-state index contributed by atoms with van der Waals surface area (Å²) in [7, 11) is 0. The van der Waals surface area contributed by atoms with Crippen LogP contribution in [0.1, 0.15) is 23.7 Å². The lowest BCUT2D eigenvalue weighted by atomic mass is 10.0. The van der Waals surface area contributed by atoms with Gasteiger partial charge in [-0.25, -0.2) is 4.39 Å². The number of nitrogens with one attached hydrogen (secondary N) is 2. The third-order valence-corrected chi connectivity index (χ3v) is 5.62. The van der Waals surface area contributed by atoms with Crippen LogP contribution in [0.5, 0.6) is 0 Å². The Labute approximate surface area is 172 Å². The zero-order chi connectivity index (χ0) is 20.5. The van der Waals surface area contributed by atoms with Crippen molar-refractivity contribution in [2.24, 2.45) is 0 Å². The van der Waals surface area contributed by atoms with Gasteiger partial charge < -0.3 is 10.3 Å². The van der Waals surface area contributed by atoms with E-state index < -0.39 is 5.82 Å². The Kier molecular flexibility index (Phi) is 5.39. The van der Waals surface area contributed by atoms with E-state index >= 15 is 0 Å². The maximum atomic E-state index is 14.3. The van der Waals surface area contributed by atoms with Gasteiger partial charge in [-0.1, -0.05) is 30.7 Å². The van der Waals surface area contributed by atoms with Crippen molar-refractivity contribution < 1.29 is 9.18 Å². The van der Waals surface area contributed by atoms with E-state index in [0.29, 0.717) is 30.8 Å². The zero-order valence-electron chi connectivity index (χ0n) is 16.0. The van der Waals surface area contributed by atoms with Crippen LogP contribution in [0, 0.1) is 5.82 Å². The number of carbonyl (C=O) groups is 1. The molecule has 0 saturated carbocycles. The van der Waals surface area contributed by atoms with Gasteiger partial charge in [0.15, 0.2) is 11.2 Å². The van der Waals surface area contributed by atoms with Gasteiger partial charge in [0.05, 0.1) is 17.1 Å². The Hall–Kier alpha value is -2.70. The van der Waals surface area contributed by atoms with E-state index in [4.69, 9.17) is 11.6 Å². The van der Waals surface area contributed by atoms with Crippen LogP contribution >= 0.6 is 11.6 Å². The fourth-order valence-corrected chi connectivity index (χ4v) is 3.86. The molecule has 1 aliphatic heterocycles. The topological polar surface area (TPSA) is 65.2 Å². The van der Waals surface area contributed by atoms with E-state index in [2.05, 4.69) is 17.2 Å². The lowest BCUT2D eigenvalue weighted by Crippen LogP contribution is -2.39. The van der Waals surface area contributed by atoms with Gasteiger partial charge in [0.25, 0.3) is 0 Å².